The number of phenols is 1. The first-order valence-electron chi connectivity index (χ1n) is 9.94. The van der Waals surface area contributed by atoms with Crippen LogP contribution in [-0.4, -0.2) is 27.9 Å². The molecule has 0 saturated carbocycles. The Kier molecular flexibility index (Phi) is 7.20. The molecule has 32 heavy (non-hydrogen) atoms. The number of aryl methyl sites for hydroxylation is 2. The molecule has 0 aliphatic heterocycles. The summed E-state index contributed by atoms with van der Waals surface area (Å²) in [5.41, 5.74) is 1.30. The summed E-state index contributed by atoms with van der Waals surface area (Å²) in [6, 6.07) is 11.8. The predicted molar refractivity (Wildman–Crippen MR) is 119 cm³/mol. The molecule has 1 aromatic heterocycles. The molecule has 0 aliphatic rings. The molecule has 3 rings (SSSR count). The molecule has 6 nitrogen and oxygen atoms in total. The van der Waals surface area contributed by atoms with Gasteiger partial charge in [0, 0.05) is 23.2 Å². The SMILES string of the molecule is COC(=O)C[C@H](c1ccc(F)cc1Cl)c1c(O)cc(C)n(CCc2ccc(O)cc2)c1=O. The van der Waals surface area contributed by atoms with E-state index in [-0.39, 0.29) is 28.5 Å². The molecule has 1 heterocycles. The minimum absolute atomic E-state index is 0.0137. The standard InChI is InChI=1S/C24H23ClFNO5/c1-14-11-21(29)23(24(31)27(14)10-9-15-3-6-17(28)7-4-15)19(13-22(30)32-2)18-8-5-16(26)12-20(18)25/h3-8,11-12,19,28-29H,9-10,13H2,1-2H3/t19-/m1/s1. The van der Waals surface area contributed by atoms with Gasteiger partial charge in [0.25, 0.3) is 5.56 Å². The van der Waals surface area contributed by atoms with E-state index in [2.05, 4.69) is 0 Å². The van der Waals surface area contributed by atoms with E-state index in [0.717, 1.165) is 11.6 Å². The summed E-state index contributed by atoms with van der Waals surface area (Å²) in [4.78, 5) is 25.6. The Morgan fingerprint density at radius 3 is 2.47 bits per heavy atom. The monoisotopic (exact) mass is 459 g/mol. The van der Waals surface area contributed by atoms with Crippen LogP contribution in [0.2, 0.25) is 5.02 Å². The number of rotatable bonds is 7. The molecule has 8 heteroatoms. The number of esters is 1. The van der Waals surface area contributed by atoms with Crippen molar-refractivity contribution >= 4 is 17.6 Å². The largest absolute Gasteiger partial charge is 0.508 e. The van der Waals surface area contributed by atoms with Crippen molar-refractivity contribution in [3.63, 3.8) is 0 Å². The highest BCUT2D eigenvalue weighted by Gasteiger charge is 2.28. The molecule has 168 valence electrons. The number of carbonyl (C=O) groups is 1. The Morgan fingerprint density at radius 1 is 1.16 bits per heavy atom. The van der Waals surface area contributed by atoms with Crippen molar-refractivity contribution in [1.29, 1.82) is 0 Å². The fourth-order valence-electron chi connectivity index (χ4n) is 3.68. The molecular formula is C24H23ClFNO5. The molecule has 0 unspecified atom stereocenters. The van der Waals surface area contributed by atoms with Crippen LogP contribution in [0.3, 0.4) is 0 Å². The second kappa shape index (κ2) is 9.87. The lowest BCUT2D eigenvalue weighted by Gasteiger charge is -2.21. The number of aromatic hydroxyl groups is 2. The van der Waals surface area contributed by atoms with Crippen molar-refractivity contribution in [3.8, 4) is 11.5 Å². The summed E-state index contributed by atoms with van der Waals surface area (Å²) >= 11 is 6.23. The van der Waals surface area contributed by atoms with E-state index in [0.29, 0.717) is 24.2 Å². The van der Waals surface area contributed by atoms with Crippen LogP contribution in [-0.2, 0) is 22.5 Å². The molecule has 0 fully saturated rings. The second-order valence-corrected chi connectivity index (χ2v) is 7.86. The maximum atomic E-state index is 13.6. The predicted octanol–water partition coefficient (Wildman–Crippen LogP) is 4.30. The van der Waals surface area contributed by atoms with Gasteiger partial charge >= 0.3 is 5.97 Å². The van der Waals surface area contributed by atoms with Gasteiger partial charge in [-0.3, -0.25) is 9.59 Å². The first kappa shape index (κ1) is 23.3. The highest BCUT2D eigenvalue weighted by atomic mass is 35.5. The fraction of sp³-hybridized carbons (Fsp3) is 0.250. The van der Waals surface area contributed by atoms with Crippen molar-refractivity contribution in [3.05, 3.63) is 92.1 Å². The van der Waals surface area contributed by atoms with E-state index in [1.165, 1.54) is 29.9 Å². The summed E-state index contributed by atoms with van der Waals surface area (Å²) in [6.07, 6.45) is 0.246. The molecule has 0 aliphatic carbocycles. The van der Waals surface area contributed by atoms with E-state index in [1.807, 2.05) is 0 Å². The Bertz CT molecular complexity index is 1190. The zero-order valence-corrected chi connectivity index (χ0v) is 18.4. The Balaban J connectivity index is 2.07. The van der Waals surface area contributed by atoms with E-state index < -0.39 is 23.3 Å². The van der Waals surface area contributed by atoms with E-state index >= 15 is 0 Å². The number of hydrogen-bond acceptors (Lipinski definition) is 5. The molecule has 2 aromatic carbocycles. The molecule has 0 radical (unpaired) electrons. The van der Waals surface area contributed by atoms with Crippen LogP contribution < -0.4 is 5.56 Å². The Hall–Kier alpha value is -3.32. The minimum Gasteiger partial charge on any atom is -0.508 e. The number of methoxy groups -OCH3 is 1. The number of pyridine rings is 1. The molecule has 0 amide bonds. The number of halogens is 2. The van der Waals surface area contributed by atoms with Crippen LogP contribution in [0.4, 0.5) is 4.39 Å². The number of hydrogen-bond donors (Lipinski definition) is 2. The normalized spacial score (nSPS) is 11.9. The van der Waals surface area contributed by atoms with Gasteiger partial charge in [0.15, 0.2) is 0 Å². The van der Waals surface area contributed by atoms with Crippen LogP contribution in [0.25, 0.3) is 0 Å². The number of benzene rings is 2. The summed E-state index contributed by atoms with van der Waals surface area (Å²) in [5, 5.41) is 20.1. The van der Waals surface area contributed by atoms with Gasteiger partial charge in [0.2, 0.25) is 0 Å². The van der Waals surface area contributed by atoms with Crippen LogP contribution in [0.1, 0.15) is 34.7 Å². The highest BCUT2D eigenvalue weighted by molar-refractivity contribution is 6.31. The Labute approximate surface area is 189 Å². The summed E-state index contributed by atoms with van der Waals surface area (Å²) in [5.74, 6) is -2.22. The van der Waals surface area contributed by atoms with Gasteiger partial charge in [-0.05, 0) is 54.8 Å². The quantitative estimate of drug-likeness (QED) is 0.514. The molecule has 0 bridgehead atoms. The zero-order valence-electron chi connectivity index (χ0n) is 17.6. The molecule has 0 spiro atoms. The van der Waals surface area contributed by atoms with Crippen LogP contribution in [0.15, 0.2) is 53.3 Å². The van der Waals surface area contributed by atoms with Gasteiger partial charge in [-0.2, -0.15) is 0 Å². The average Bonchev–Trinajstić information content (AvgIpc) is 2.74. The van der Waals surface area contributed by atoms with Crippen LogP contribution in [0.5, 0.6) is 11.5 Å². The lowest BCUT2D eigenvalue weighted by Crippen LogP contribution is -2.29. The van der Waals surface area contributed by atoms with Gasteiger partial charge in [0.05, 0.1) is 19.1 Å². The number of nitrogens with zero attached hydrogens (tertiary/aromatic N) is 1. The lowest BCUT2D eigenvalue weighted by molar-refractivity contribution is -0.140. The van der Waals surface area contributed by atoms with Gasteiger partial charge in [-0.15, -0.1) is 0 Å². The summed E-state index contributed by atoms with van der Waals surface area (Å²) < 4.78 is 19.9. The van der Waals surface area contributed by atoms with Gasteiger partial charge in [0.1, 0.15) is 17.3 Å². The Morgan fingerprint density at radius 2 is 1.84 bits per heavy atom. The fourth-order valence-corrected chi connectivity index (χ4v) is 3.98. The molecule has 0 saturated heterocycles. The molecule has 2 N–H and O–H groups in total. The minimum atomic E-state index is -0.927. The van der Waals surface area contributed by atoms with Gasteiger partial charge < -0.3 is 19.5 Å². The first-order valence-corrected chi connectivity index (χ1v) is 10.3. The third-order valence-electron chi connectivity index (χ3n) is 5.37. The molecule has 3 aromatic rings. The number of carbonyl (C=O) groups excluding carboxylic acids is 1. The van der Waals surface area contributed by atoms with E-state index in [1.54, 1.807) is 31.2 Å². The van der Waals surface area contributed by atoms with E-state index in [4.69, 9.17) is 16.3 Å². The van der Waals surface area contributed by atoms with Crippen molar-refractivity contribution in [2.75, 3.05) is 7.11 Å². The maximum absolute atomic E-state index is 13.6. The van der Waals surface area contributed by atoms with Crippen molar-refractivity contribution in [1.82, 2.24) is 4.57 Å². The summed E-state index contributed by atoms with van der Waals surface area (Å²) in [6.45, 7) is 2.01. The van der Waals surface area contributed by atoms with Crippen molar-refractivity contribution < 1.29 is 24.1 Å². The highest BCUT2D eigenvalue weighted by Crippen LogP contribution is 2.36. The van der Waals surface area contributed by atoms with Gasteiger partial charge in [-0.25, -0.2) is 4.39 Å². The third kappa shape index (κ3) is 5.11. The number of aromatic nitrogens is 1. The van der Waals surface area contributed by atoms with Gasteiger partial charge in [-0.1, -0.05) is 29.8 Å². The molecule has 1 atom stereocenters. The lowest BCUT2D eigenvalue weighted by atomic mass is 9.88. The van der Waals surface area contributed by atoms with E-state index in [9.17, 15) is 24.2 Å². The summed E-state index contributed by atoms with van der Waals surface area (Å²) in [7, 11) is 1.22. The smallest absolute Gasteiger partial charge is 0.306 e. The van der Waals surface area contributed by atoms with Crippen molar-refractivity contribution in [2.24, 2.45) is 0 Å². The second-order valence-electron chi connectivity index (χ2n) is 7.46. The number of ether oxygens (including phenoxy) is 1. The zero-order chi connectivity index (χ0) is 23.4. The van der Waals surface area contributed by atoms with Crippen LogP contribution in [0, 0.1) is 12.7 Å². The third-order valence-corrected chi connectivity index (χ3v) is 5.70. The molecular weight excluding hydrogens is 437 g/mol. The van der Waals surface area contributed by atoms with Crippen molar-refractivity contribution in [2.45, 2.75) is 32.2 Å². The maximum Gasteiger partial charge on any atom is 0.306 e. The average molecular weight is 460 g/mol. The first-order chi connectivity index (χ1) is 15.2. The van der Waals surface area contributed by atoms with Crippen LogP contribution >= 0.6 is 11.6 Å². The number of phenolic OH excluding ortho intramolecular Hbond substituents is 1. The topological polar surface area (TPSA) is 88.8 Å².